The smallest absolute Gasteiger partial charge is 0.275 e. The molecular formula is C15H12BrClN2O3. The molecular weight excluding hydrogens is 372 g/mol. The van der Waals surface area contributed by atoms with Crippen LogP contribution in [0.4, 0.5) is 0 Å². The molecule has 0 aromatic heterocycles. The number of amides is 1. The molecule has 2 rings (SSSR count). The lowest BCUT2D eigenvalue weighted by molar-refractivity contribution is 0.0952. The van der Waals surface area contributed by atoms with Gasteiger partial charge in [0.1, 0.15) is 11.5 Å². The van der Waals surface area contributed by atoms with Crippen molar-refractivity contribution in [3.63, 3.8) is 0 Å². The molecule has 7 heteroatoms. The maximum Gasteiger partial charge on any atom is 0.275 e. The van der Waals surface area contributed by atoms with Crippen LogP contribution in [-0.2, 0) is 0 Å². The number of hydrazone groups is 1. The van der Waals surface area contributed by atoms with Crippen molar-refractivity contribution in [1.82, 2.24) is 5.43 Å². The first-order valence-corrected chi connectivity index (χ1v) is 7.34. The van der Waals surface area contributed by atoms with Crippen molar-refractivity contribution in [2.45, 2.75) is 0 Å². The highest BCUT2D eigenvalue weighted by molar-refractivity contribution is 9.10. The summed E-state index contributed by atoms with van der Waals surface area (Å²) >= 11 is 9.07. The number of benzene rings is 2. The standard InChI is InChI=1S/C15H12BrClN2O3/c1-22-13-5-3-2-4-11(13)15(21)19-18-8-9-6-10(17)7-12(16)14(9)20/h2-8,20H,1H3,(H,19,21)/b18-8+. The van der Waals surface area contributed by atoms with E-state index < -0.39 is 5.91 Å². The van der Waals surface area contributed by atoms with Crippen molar-refractivity contribution in [3.8, 4) is 11.5 Å². The second-order valence-corrected chi connectivity index (χ2v) is 5.52. The Morgan fingerprint density at radius 1 is 1.41 bits per heavy atom. The Bertz CT molecular complexity index is 735. The summed E-state index contributed by atoms with van der Waals surface area (Å²) in [5, 5.41) is 14.1. The molecule has 0 fully saturated rings. The zero-order valence-electron chi connectivity index (χ0n) is 11.5. The van der Waals surface area contributed by atoms with E-state index in [-0.39, 0.29) is 5.75 Å². The van der Waals surface area contributed by atoms with E-state index in [1.165, 1.54) is 19.4 Å². The van der Waals surface area contributed by atoms with Crippen LogP contribution in [0.2, 0.25) is 5.02 Å². The summed E-state index contributed by atoms with van der Waals surface area (Å²) in [6, 6.07) is 9.87. The molecule has 0 spiro atoms. The number of nitrogens with one attached hydrogen (secondary N) is 1. The Kier molecular flexibility index (Phi) is 5.41. The van der Waals surface area contributed by atoms with Crippen molar-refractivity contribution < 1.29 is 14.6 Å². The number of phenolic OH excluding ortho intramolecular Hbond substituents is 1. The topological polar surface area (TPSA) is 70.9 Å². The van der Waals surface area contributed by atoms with Crippen molar-refractivity contribution >= 4 is 39.7 Å². The quantitative estimate of drug-likeness (QED) is 0.626. The van der Waals surface area contributed by atoms with Gasteiger partial charge in [0.2, 0.25) is 0 Å². The van der Waals surface area contributed by atoms with Crippen LogP contribution in [0.5, 0.6) is 11.5 Å². The first-order valence-electron chi connectivity index (χ1n) is 6.17. The summed E-state index contributed by atoms with van der Waals surface area (Å²) in [6.07, 6.45) is 1.30. The van der Waals surface area contributed by atoms with E-state index in [0.29, 0.717) is 26.4 Å². The molecule has 0 aliphatic carbocycles. The van der Waals surface area contributed by atoms with Crippen LogP contribution in [0.3, 0.4) is 0 Å². The Hall–Kier alpha value is -2.05. The molecule has 1 amide bonds. The molecule has 0 aliphatic rings. The number of hydrogen-bond acceptors (Lipinski definition) is 4. The molecule has 0 unspecified atom stereocenters. The fraction of sp³-hybridized carbons (Fsp3) is 0.0667. The molecule has 114 valence electrons. The monoisotopic (exact) mass is 382 g/mol. The Labute approximate surface area is 140 Å². The third-order valence-electron chi connectivity index (χ3n) is 2.78. The average molecular weight is 384 g/mol. The van der Waals surface area contributed by atoms with Crippen molar-refractivity contribution in [1.29, 1.82) is 0 Å². The highest BCUT2D eigenvalue weighted by Crippen LogP contribution is 2.30. The number of rotatable bonds is 4. The number of methoxy groups -OCH3 is 1. The van der Waals surface area contributed by atoms with Crippen LogP contribution in [0.25, 0.3) is 0 Å². The molecule has 0 saturated carbocycles. The van der Waals surface area contributed by atoms with Gasteiger partial charge in [-0.25, -0.2) is 5.43 Å². The molecule has 0 radical (unpaired) electrons. The largest absolute Gasteiger partial charge is 0.506 e. The third-order valence-corrected chi connectivity index (χ3v) is 3.60. The summed E-state index contributed by atoms with van der Waals surface area (Å²) in [7, 11) is 1.48. The average Bonchev–Trinajstić information content (AvgIpc) is 2.51. The van der Waals surface area contributed by atoms with E-state index in [1.807, 2.05) is 0 Å². The van der Waals surface area contributed by atoms with E-state index in [9.17, 15) is 9.90 Å². The predicted octanol–water partition coefficient (Wildman–Crippen LogP) is 3.58. The molecule has 0 heterocycles. The lowest BCUT2D eigenvalue weighted by atomic mass is 10.2. The number of carbonyl (C=O) groups is 1. The fourth-order valence-corrected chi connectivity index (χ4v) is 2.57. The van der Waals surface area contributed by atoms with E-state index in [0.717, 1.165) is 0 Å². The summed E-state index contributed by atoms with van der Waals surface area (Å²) in [4.78, 5) is 12.0. The van der Waals surface area contributed by atoms with Gasteiger partial charge < -0.3 is 9.84 Å². The number of nitrogens with zero attached hydrogens (tertiary/aromatic N) is 1. The van der Waals surface area contributed by atoms with Crippen molar-refractivity contribution in [2.75, 3.05) is 7.11 Å². The van der Waals surface area contributed by atoms with E-state index in [4.69, 9.17) is 16.3 Å². The number of phenols is 1. The maximum absolute atomic E-state index is 12.0. The Balaban J connectivity index is 2.14. The molecule has 0 atom stereocenters. The first kappa shape index (κ1) is 16.3. The summed E-state index contributed by atoms with van der Waals surface area (Å²) in [5.41, 5.74) is 3.10. The lowest BCUT2D eigenvalue weighted by Crippen LogP contribution is -2.18. The zero-order valence-corrected chi connectivity index (χ0v) is 13.9. The van der Waals surface area contributed by atoms with Gasteiger partial charge in [-0.1, -0.05) is 23.7 Å². The van der Waals surface area contributed by atoms with Gasteiger partial charge >= 0.3 is 0 Å². The van der Waals surface area contributed by atoms with Crippen LogP contribution in [-0.4, -0.2) is 24.3 Å². The van der Waals surface area contributed by atoms with E-state index >= 15 is 0 Å². The van der Waals surface area contributed by atoms with Crippen LogP contribution in [0.1, 0.15) is 15.9 Å². The molecule has 2 N–H and O–H groups in total. The second kappa shape index (κ2) is 7.29. The minimum absolute atomic E-state index is 0.0142. The molecule has 0 aliphatic heterocycles. The van der Waals surface area contributed by atoms with Crippen LogP contribution in [0, 0.1) is 0 Å². The van der Waals surface area contributed by atoms with Gasteiger partial charge in [0.25, 0.3) is 5.91 Å². The SMILES string of the molecule is COc1ccccc1C(=O)N/N=C/c1cc(Cl)cc(Br)c1O. The highest BCUT2D eigenvalue weighted by atomic mass is 79.9. The minimum Gasteiger partial charge on any atom is -0.506 e. The van der Waals surface area contributed by atoms with Gasteiger partial charge in [-0.15, -0.1) is 0 Å². The molecule has 2 aromatic carbocycles. The van der Waals surface area contributed by atoms with Gasteiger partial charge in [0.15, 0.2) is 0 Å². The number of carbonyl (C=O) groups excluding carboxylic acids is 1. The zero-order chi connectivity index (χ0) is 16.1. The number of para-hydroxylation sites is 1. The molecule has 22 heavy (non-hydrogen) atoms. The first-order chi connectivity index (χ1) is 10.5. The molecule has 5 nitrogen and oxygen atoms in total. The van der Waals surface area contributed by atoms with Gasteiger partial charge in [-0.3, -0.25) is 4.79 Å². The molecule has 0 saturated heterocycles. The fourth-order valence-electron chi connectivity index (χ4n) is 1.74. The van der Waals surface area contributed by atoms with E-state index in [2.05, 4.69) is 26.5 Å². The normalized spacial score (nSPS) is 10.7. The van der Waals surface area contributed by atoms with Crippen LogP contribution < -0.4 is 10.2 Å². The predicted molar refractivity (Wildman–Crippen MR) is 88.9 cm³/mol. The van der Waals surface area contributed by atoms with E-state index in [1.54, 1.807) is 30.3 Å². The van der Waals surface area contributed by atoms with Crippen LogP contribution in [0.15, 0.2) is 46.0 Å². The number of hydrogen-bond donors (Lipinski definition) is 2. The second-order valence-electron chi connectivity index (χ2n) is 4.22. The minimum atomic E-state index is -0.422. The summed E-state index contributed by atoms with van der Waals surface area (Å²) in [5.74, 6) is 0.0116. The van der Waals surface area contributed by atoms with Gasteiger partial charge in [0, 0.05) is 10.6 Å². The van der Waals surface area contributed by atoms with Crippen LogP contribution >= 0.6 is 27.5 Å². The van der Waals surface area contributed by atoms with Crippen molar-refractivity contribution in [2.24, 2.45) is 5.10 Å². The lowest BCUT2D eigenvalue weighted by Gasteiger charge is -2.06. The number of aromatic hydroxyl groups is 1. The summed E-state index contributed by atoms with van der Waals surface area (Å²) in [6.45, 7) is 0. The van der Waals surface area contributed by atoms with Crippen molar-refractivity contribution in [3.05, 3.63) is 57.0 Å². The van der Waals surface area contributed by atoms with Gasteiger partial charge in [-0.2, -0.15) is 5.10 Å². The highest BCUT2D eigenvalue weighted by Gasteiger charge is 2.10. The Morgan fingerprint density at radius 3 is 2.86 bits per heavy atom. The van der Waals surface area contributed by atoms with Gasteiger partial charge in [-0.05, 0) is 40.2 Å². The molecule has 0 bridgehead atoms. The molecule has 2 aromatic rings. The Morgan fingerprint density at radius 2 is 2.14 bits per heavy atom. The number of ether oxygens (including phenoxy) is 1. The number of halogens is 2. The maximum atomic E-state index is 12.0. The third kappa shape index (κ3) is 3.78. The summed E-state index contributed by atoms with van der Waals surface area (Å²) < 4.78 is 5.55. The van der Waals surface area contributed by atoms with Gasteiger partial charge in [0.05, 0.1) is 23.4 Å².